The number of nitrogens with one attached hydrogen (secondary N) is 1. The first-order valence-corrected chi connectivity index (χ1v) is 7.40. The van der Waals surface area contributed by atoms with E-state index in [1.54, 1.807) is 25.3 Å². The van der Waals surface area contributed by atoms with Crippen LogP contribution in [0.2, 0.25) is 0 Å². The number of primary amides is 1. The van der Waals surface area contributed by atoms with Gasteiger partial charge in [0.25, 0.3) is 5.91 Å². The average molecular weight is 334 g/mol. The molecule has 0 atom stereocenters. The Balaban J connectivity index is 1.99. The molecule has 2 aromatic rings. The first-order valence-electron chi connectivity index (χ1n) is 6.58. The summed E-state index contributed by atoms with van der Waals surface area (Å²) in [6.45, 7) is 0.870. The fourth-order valence-electron chi connectivity index (χ4n) is 1.62. The van der Waals surface area contributed by atoms with Crippen molar-refractivity contribution in [1.82, 2.24) is 15.3 Å². The van der Waals surface area contributed by atoms with Gasteiger partial charge in [-0.05, 0) is 19.1 Å². The summed E-state index contributed by atoms with van der Waals surface area (Å²) in [5, 5.41) is 2.81. The third-order valence-electron chi connectivity index (χ3n) is 2.66. The molecule has 8 nitrogen and oxygen atoms in total. The number of carbonyl (C=O) groups excluding carboxylic acids is 3. The number of aryl methyl sites for hydroxylation is 1. The van der Waals surface area contributed by atoms with Gasteiger partial charge in [-0.1, -0.05) is 6.07 Å². The topological polar surface area (TPSA) is 124 Å². The second-order valence-electron chi connectivity index (χ2n) is 4.47. The summed E-state index contributed by atoms with van der Waals surface area (Å²) in [5.74, 6) is -1.94. The van der Waals surface area contributed by atoms with Crippen LogP contribution in [0.25, 0.3) is 10.7 Å². The van der Waals surface area contributed by atoms with E-state index in [2.05, 4.69) is 15.3 Å². The monoisotopic (exact) mass is 334 g/mol. The number of hydrogen-bond acceptors (Lipinski definition) is 7. The highest BCUT2D eigenvalue weighted by atomic mass is 32.1. The Morgan fingerprint density at radius 1 is 1.35 bits per heavy atom. The van der Waals surface area contributed by atoms with Gasteiger partial charge in [-0.2, -0.15) is 0 Å². The predicted molar refractivity (Wildman–Crippen MR) is 82.6 cm³/mol. The maximum Gasteiger partial charge on any atom is 0.350 e. The zero-order valence-electron chi connectivity index (χ0n) is 12.2. The normalized spacial score (nSPS) is 10.1. The number of nitrogens with two attached hydrogens (primary N) is 1. The Hall–Kier alpha value is -2.81. The number of ether oxygens (including phenoxy) is 1. The molecule has 2 heterocycles. The van der Waals surface area contributed by atoms with Crippen molar-refractivity contribution in [2.24, 2.45) is 5.73 Å². The van der Waals surface area contributed by atoms with Crippen molar-refractivity contribution in [2.75, 3.05) is 13.2 Å². The lowest BCUT2D eigenvalue weighted by Crippen LogP contribution is -2.35. The van der Waals surface area contributed by atoms with E-state index in [-0.39, 0.29) is 6.54 Å². The van der Waals surface area contributed by atoms with Crippen LogP contribution in [0.1, 0.15) is 15.4 Å². The van der Waals surface area contributed by atoms with Gasteiger partial charge in [-0.25, -0.2) is 9.78 Å². The predicted octanol–water partition coefficient (Wildman–Crippen LogP) is 0.272. The van der Waals surface area contributed by atoms with E-state index in [0.717, 1.165) is 11.3 Å². The first kappa shape index (κ1) is 16.6. The van der Waals surface area contributed by atoms with Gasteiger partial charge in [0.05, 0.1) is 17.9 Å². The third kappa shape index (κ3) is 4.58. The number of pyridine rings is 1. The van der Waals surface area contributed by atoms with Gasteiger partial charge in [-0.3, -0.25) is 14.6 Å². The van der Waals surface area contributed by atoms with Crippen LogP contribution in [-0.2, 0) is 14.3 Å². The Bertz CT molecular complexity index is 730. The summed E-state index contributed by atoms with van der Waals surface area (Å²) < 4.78 is 4.90. The van der Waals surface area contributed by atoms with Crippen molar-refractivity contribution in [3.8, 4) is 10.7 Å². The second kappa shape index (κ2) is 7.45. The summed E-state index contributed by atoms with van der Waals surface area (Å²) >= 11 is 1.14. The average Bonchev–Trinajstić information content (AvgIpc) is 2.93. The number of hydrogen-bond donors (Lipinski definition) is 2. The van der Waals surface area contributed by atoms with Crippen LogP contribution in [0.5, 0.6) is 0 Å². The van der Waals surface area contributed by atoms with Gasteiger partial charge in [0, 0.05) is 6.20 Å². The van der Waals surface area contributed by atoms with Crippen molar-refractivity contribution in [1.29, 1.82) is 0 Å². The number of rotatable bonds is 6. The largest absolute Gasteiger partial charge is 0.451 e. The number of carbonyl (C=O) groups is 3. The molecule has 0 aliphatic heterocycles. The van der Waals surface area contributed by atoms with E-state index in [4.69, 9.17) is 10.5 Å². The maximum absolute atomic E-state index is 12.0. The highest BCUT2D eigenvalue weighted by Crippen LogP contribution is 2.26. The number of aromatic nitrogens is 2. The standard InChI is InChI=1S/C14H14N4O4S/c1-8-12(14(21)22-7-11(20)17-6-10(15)19)23-13(18-8)9-4-2-3-5-16-9/h2-5H,6-7H2,1H3,(H2,15,19)(H,17,20). The number of thiazole rings is 1. The van der Waals surface area contributed by atoms with Crippen LogP contribution in [0.4, 0.5) is 0 Å². The van der Waals surface area contributed by atoms with Gasteiger partial charge in [0.2, 0.25) is 5.91 Å². The smallest absolute Gasteiger partial charge is 0.350 e. The van der Waals surface area contributed by atoms with Gasteiger partial charge in [-0.15, -0.1) is 11.3 Å². The van der Waals surface area contributed by atoms with E-state index >= 15 is 0 Å². The van der Waals surface area contributed by atoms with Crippen LogP contribution in [0, 0.1) is 6.92 Å². The van der Waals surface area contributed by atoms with Crippen LogP contribution in [0.3, 0.4) is 0 Å². The molecule has 9 heteroatoms. The Morgan fingerprint density at radius 2 is 2.13 bits per heavy atom. The van der Waals surface area contributed by atoms with E-state index in [1.807, 2.05) is 6.07 Å². The number of nitrogens with zero attached hydrogens (tertiary/aromatic N) is 2. The minimum Gasteiger partial charge on any atom is -0.451 e. The molecule has 0 aliphatic carbocycles. The molecule has 120 valence electrons. The summed E-state index contributed by atoms with van der Waals surface area (Å²) in [6, 6.07) is 5.38. The molecule has 0 fully saturated rings. The summed E-state index contributed by atoms with van der Waals surface area (Å²) in [7, 11) is 0. The van der Waals surface area contributed by atoms with E-state index in [1.165, 1.54) is 0 Å². The fraction of sp³-hybridized carbons (Fsp3) is 0.214. The zero-order chi connectivity index (χ0) is 16.8. The second-order valence-corrected chi connectivity index (χ2v) is 5.47. The third-order valence-corrected chi connectivity index (χ3v) is 3.82. The lowest BCUT2D eigenvalue weighted by atomic mass is 10.3. The van der Waals surface area contributed by atoms with Crippen molar-refractivity contribution in [3.63, 3.8) is 0 Å². The highest BCUT2D eigenvalue weighted by molar-refractivity contribution is 7.17. The van der Waals surface area contributed by atoms with Crippen LogP contribution >= 0.6 is 11.3 Å². The molecule has 0 saturated heterocycles. The molecule has 2 aromatic heterocycles. The van der Waals surface area contributed by atoms with Crippen molar-refractivity contribution >= 4 is 29.1 Å². The van der Waals surface area contributed by atoms with Crippen molar-refractivity contribution in [3.05, 3.63) is 35.0 Å². The van der Waals surface area contributed by atoms with Crippen molar-refractivity contribution < 1.29 is 19.1 Å². The van der Waals surface area contributed by atoms with Gasteiger partial charge in [0.15, 0.2) is 6.61 Å². The SMILES string of the molecule is Cc1nc(-c2ccccn2)sc1C(=O)OCC(=O)NCC(N)=O. The number of esters is 1. The molecule has 0 bridgehead atoms. The Kier molecular flexibility index (Phi) is 5.36. The first-order chi connectivity index (χ1) is 11.0. The molecule has 0 aliphatic rings. The van der Waals surface area contributed by atoms with E-state index in [0.29, 0.717) is 21.3 Å². The lowest BCUT2D eigenvalue weighted by Gasteiger charge is -2.04. The summed E-state index contributed by atoms with van der Waals surface area (Å²) in [5.41, 5.74) is 6.04. The summed E-state index contributed by atoms with van der Waals surface area (Å²) in [6.07, 6.45) is 1.63. The molecule has 2 amide bonds. The summed E-state index contributed by atoms with van der Waals surface area (Å²) in [4.78, 5) is 42.7. The molecule has 3 N–H and O–H groups in total. The van der Waals surface area contributed by atoms with Gasteiger partial charge >= 0.3 is 5.97 Å². The van der Waals surface area contributed by atoms with Crippen LogP contribution in [0.15, 0.2) is 24.4 Å². The lowest BCUT2D eigenvalue weighted by molar-refractivity contribution is -0.127. The van der Waals surface area contributed by atoms with Gasteiger partial charge < -0.3 is 15.8 Å². The molecule has 2 rings (SSSR count). The Labute approximate surface area is 135 Å². The quantitative estimate of drug-likeness (QED) is 0.731. The van der Waals surface area contributed by atoms with E-state index in [9.17, 15) is 14.4 Å². The number of amides is 2. The molecular weight excluding hydrogens is 320 g/mol. The zero-order valence-corrected chi connectivity index (χ0v) is 13.1. The van der Waals surface area contributed by atoms with E-state index < -0.39 is 24.4 Å². The molecular formula is C14H14N4O4S. The molecule has 0 saturated carbocycles. The highest BCUT2D eigenvalue weighted by Gasteiger charge is 2.19. The minimum absolute atomic E-state index is 0.299. The molecule has 23 heavy (non-hydrogen) atoms. The molecule has 0 aromatic carbocycles. The molecule has 0 unspecified atom stereocenters. The Morgan fingerprint density at radius 3 is 2.78 bits per heavy atom. The van der Waals surface area contributed by atoms with Crippen LogP contribution in [-0.4, -0.2) is 40.9 Å². The minimum atomic E-state index is -0.678. The van der Waals surface area contributed by atoms with Gasteiger partial charge in [0.1, 0.15) is 9.88 Å². The maximum atomic E-state index is 12.0. The van der Waals surface area contributed by atoms with Crippen LogP contribution < -0.4 is 11.1 Å². The fourth-order valence-corrected chi connectivity index (χ4v) is 2.55. The molecule has 0 spiro atoms. The molecule has 0 radical (unpaired) electrons. The van der Waals surface area contributed by atoms with Crippen molar-refractivity contribution in [2.45, 2.75) is 6.92 Å².